The van der Waals surface area contributed by atoms with E-state index in [1.54, 1.807) is 24.3 Å². The first-order valence-electron chi connectivity index (χ1n) is 7.89. The minimum atomic E-state index is -0.321. The Hall–Kier alpha value is -2.95. The molecule has 0 saturated carbocycles. The second-order valence-electron chi connectivity index (χ2n) is 5.85. The number of rotatable bonds is 3. The third kappa shape index (κ3) is 2.93. The van der Waals surface area contributed by atoms with Gasteiger partial charge in [0.25, 0.3) is 11.5 Å². The zero-order valence-electron chi connectivity index (χ0n) is 14.0. The van der Waals surface area contributed by atoms with Crippen LogP contribution in [0.2, 0.25) is 0 Å². The van der Waals surface area contributed by atoms with Gasteiger partial charge in [-0.2, -0.15) is 5.10 Å². The maximum absolute atomic E-state index is 12.7. The monoisotopic (exact) mass is 321 g/mol. The number of fused-ring (bicyclic) bond motifs is 1. The predicted octanol–water partition coefficient (Wildman–Crippen LogP) is 3.29. The van der Waals surface area contributed by atoms with Crippen molar-refractivity contribution in [1.29, 1.82) is 0 Å². The Morgan fingerprint density at radius 3 is 2.33 bits per heavy atom. The van der Waals surface area contributed by atoms with Crippen LogP contribution in [0.25, 0.3) is 10.8 Å². The molecule has 2 aromatic carbocycles. The van der Waals surface area contributed by atoms with Gasteiger partial charge in [-0.3, -0.25) is 9.59 Å². The molecule has 0 aliphatic rings. The number of aromatic nitrogens is 2. The molecule has 0 unspecified atom stereocenters. The summed E-state index contributed by atoms with van der Waals surface area (Å²) in [6, 6.07) is 12.9. The molecule has 1 amide bonds. The standard InChI is InChI=1S/C19H19N3O2/c1-4-22-19(24)16-8-6-5-7-15(16)17(21-22)18(23)20-14-10-12(2)9-13(3)11-14/h5-11H,4H2,1-3H3,(H,20,23). The average molecular weight is 321 g/mol. The minimum absolute atomic E-state index is 0.184. The normalized spacial score (nSPS) is 10.8. The average Bonchev–Trinajstić information content (AvgIpc) is 2.54. The number of benzene rings is 2. The van der Waals surface area contributed by atoms with Crippen LogP contribution in [0.3, 0.4) is 0 Å². The van der Waals surface area contributed by atoms with Gasteiger partial charge in [-0.15, -0.1) is 0 Å². The SMILES string of the molecule is CCn1nc(C(=O)Nc2cc(C)cc(C)c2)c2ccccc2c1=O. The number of hydrogen-bond acceptors (Lipinski definition) is 3. The Morgan fingerprint density at radius 2 is 1.71 bits per heavy atom. The highest BCUT2D eigenvalue weighted by Gasteiger charge is 2.16. The van der Waals surface area contributed by atoms with Crippen LogP contribution in [-0.4, -0.2) is 15.7 Å². The van der Waals surface area contributed by atoms with E-state index in [-0.39, 0.29) is 17.2 Å². The lowest BCUT2D eigenvalue weighted by Crippen LogP contribution is -2.27. The molecule has 24 heavy (non-hydrogen) atoms. The van der Waals surface area contributed by atoms with E-state index < -0.39 is 0 Å². The molecule has 3 aromatic rings. The lowest BCUT2D eigenvalue weighted by molar-refractivity contribution is 0.102. The maximum atomic E-state index is 12.7. The first kappa shape index (κ1) is 15.9. The van der Waals surface area contributed by atoms with Crippen LogP contribution in [-0.2, 0) is 6.54 Å². The Balaban J connectivity index is 2.09. The summed E-state index contributed by atoms with van der Waals surface area (Å²) < 4.78 is 1.32. The molecular weight excluding hydrogens is 302 g/mol. The molecule has 0 aliphatic carbocycles. The van der Waals surface area contributed by atoms with Crippen molar-refractivity contribution in [1.82, 2.24) is 9.78 Å². The third-order valence-corrected chi connectivity index (χ3v) is 3.86. The van der Waals surface area contributed by atoms with Crippen molar-refractivity contribution >= 4 is 22.4 Å². The van der Waals surface area contributed by atoms with E-state index in [9.17, 15) is 9.59 Å². The zero-order chi connectivity index (χ0) is 17.3. The lowest BCUT2D eigenvalue weighted by atomic mass is 10.1. The Bertz CT molecular complexity index is 969. The smallest absolute Gasteiger partial charge is 0.276 e. The Morgan fingerprint density at radius 1 is 1.08 bits per heavy atom. The van der Waals surface area contributed by atoms with Gasteiger partial charge in [0, 0.05) is 17.6 Å². The van der Waals surface area contributed by atoms with Gasteiger partial charge in [0.2, 0.25) is 0 Å². The van der Waals surface area contributed by atoms with Crippen LogP contribution in [0.4, 0.5) is 5.69 Å². The summed E-state index contributed by atoms with van der Waals surface area (Å²) >= 11 is 0. The topological polar surface area (TPSA) is 64.0 Å². The molecule has 0 atom stereocenters. The third-order valence-electron chi connectivity index (χ3n) is 3.86. The largest absolute Gasteiger partial charge is 0.321 e. The van der Waals surface area contributed by atoms with Crippen LogP contribution in [0.5, 0.6) is 0 Å². The van der Waals surface area contributed by atoms with Crippen molar-refractivity contribution < 1.29 is 4.79 Å². The number of anilines is 1. The van der Waals surface area contributed by atoms with Crippen LogP contribution in [0.1, 0.15) is 28.5 Å². The molecule has 122 valence electrons. The Kier molecular flexibility index (Phi) is 4.16. The molecule has 0 aliphatic heterocycles. The van der Waals surface area contributed by atoms with Crippen molar-refractivity contribution in [3.8, 4) is 0 Å². The van der Waals surface area contributed by atoms with Crippen molar-refractivity contribution in [3.63, 3.8) is 0 Å². The highest BCUT2D eigenvalue weighted by Crippen LogP contribution is 2.17. The highest BCUT2D eigenvalue weighted by atomic mass is 16.2. The Labute approximate surface area is 139 Å². The summed E-state index contributed by atoms with van der Waals surface area (Å²) in [5.41, 5.74) is 2.93. The van der Waals surface area contributed by atoms with Gasteiger partial charge >= 0.3 is 0 Å². The van der Waals surface area contributed by atoms with Gasteiger partial charge in [0.15, 0.2) is 5.69 Å². The van der Waals surface area contributed by atoms with Crippen molar-refractivity contribution in [2.24, 2.45) is 0 Å². The molecule has 1 heterocycles. The van der Waals surface area contributed by atoms with Crippen molar-refractivity contribution in [3.05, 3.63) is 69.6 Å². The van der Waals surface area contributed by atoms with E-state index in [1.807, 2.05) is 39.0 Å². The van der Waals surface area contributed by atoms with E-state index in [0.29, 0.717) is 17.3 Å². The maximum Gasteiger partial charge on any atom is 0.276 e. The highest BCUT2D eigenvalue weighted by molar-refractivity contribution is 6.11. The molecule has 5 nitrogen and oxygen atoms in total. The van der Waals surface area contributed by atoms with Gasteiger partial charge in [-0.25, -0.2) is 4.68 Å². The molecule has 0 spiro atoms. The fraction of sp³-hybridized carbons (Fsp3) is 0.211. The number of aryl methyl sites for hydroxylation is 3. The predicted molar refractivity (Wildman–Crippen MR) is 95.5 cm³/mol. The number of nitrogens with one attached hydrogen (secondary N) is 1. The summed E-state index contributed by atoms with van der Waals surface area (Å²) in [7, 11) is 0. The molecule has 0 bridgehead atoms. The fourth-order valence-corrected chi connectivity index (χ4v) is 2.85. The van der Waals surface area contributed by atoms with E-state index >= 15 is 0 Å². The van der Waals surface area contributed by atoms with Crippen molar-refractivity contribution in [2.45, 2.75) is 27.3 Å². The zero-order valence-corrected chi connectivity index (χ0v) is 14.0. The van der Waals surface area contributed by atoms with Gasteiger partial charge in [-0.05, 0) is 50.1 Å². The summed E-state index contributed by atoms with van der Waals surface area (Å²) in [6.07, 6.45) is 0. The fourth-order valence-electron chi connectivity index (χ4n) is 2.85. The molecule has 1 aromatic heterocycles. The first-order chi connectivity index (χ1) is 11.5. The molecule has 0 fully saturated rings. The second kappa shape index (κ2) is 6.28. The number of amides is 1. The summed E-state index contributed by atoms with van der Waals surface area (Å²) in [5, 5.41) is 8.20. The minimum Gasteiger partial charge on any atom is -0.321 e. The summed E-state index contributed by atoms with van der Waals surface area (Å²) in [6.45, 7) is 6.20. The van der Waals surface area contributed by atoms with E-state index in [0.717, 1.165) is 16.8 Å². The quantitative estimate of drug-likeness (QED) is 0.805. The number of carbonyl (C=O) groups is 1. The number of nitrogens with zero attached hydrogens (tertiary/aromatic N) is 2. The number of carbonyl (C=O) groups excluding carboxylic acids is 1. The summed E-state index contributed by atoms with van der Waals surface area (Å²) in [5.74, 6) is -0.321. The van der Waals surface area contributed by atoms with E-state index in [2.05, 4.69) is 10.4 Å². The van der Waals surface area contributed by atoms with E-state index in [1.165, 1.54) is 4.68 Å². The molecule has 1 N–H and O–H groups in total. The van der Waals surface area contributed by atoms with Gasteiger partial charge in [-0.1, -0.05) is 24.3 Å². The second-order valence-corrected chi connectivity index (χ2v) is 5.85. The van der Waals surface area contributed by atoms with Crippen LogP contribution < -0.4 is 10.9 Å². The van der Waals surface area contributed by atoms with Gasteiger partial charge in [0.05, 0.1) is 5.39 Å². The first-order valence-corrected chi connectivity index (χ1v) is 7.89. The van der Waals surface area contributed by atoms with E-state index in [4.69, 9.17) is 0 Å². The lowest BCUT2D eigenvalue weighted by Gasteiger charge is -2.11. The van der Waals surface area contributed by atoms with Crippen molar-refractivity contribution in [2.75, 3.05) is 5.32 Å². The molecule has 0 radical (unpaired) electrons. The summed E-state index contributed by atoms with van der Waals surface area (Å²) in [4.78, 5) is 25.1. The van der Waals surface area contributed by atoms with Gasteiger partial charge < -0.3 is 5.32 Å². The van der Waals surface area contributed by atoms with Crippen LogP contribution in [0, 0.1) is 13.8 Å². The number of hydrogen-bond donors (Lipinski definition) is 1. The van der Waals surface area contributed by atoms with Crippen LogP contribution in [0.15, 0.2) is 47.3 Å². The van der Waals surface area contributed by atoms with Crippen LogP contribution >= 0.6 is 0 Å². The molecule has 3 rings (SSSR count). The molecule has 5 heteroatoms. The molecule has 0 saturated heterocycles. The molecular formula is C19H19N3O2. The van der Waals surface area contributed by atoms with Gasteiger partial charge in [0.1, 0.15) is 0 Å².